The summed E-state index contributed by atoms with van der Waals surface area (Å²) in [5, 5.41) is 11.7. The van der Waals surface area contributed by atoms with Crippen LogP contribution < -0.4 is 9.47 Å². The number of Topliss-reactive ketones (excluding diaryl/α,β-unsaturated/α-hetero) is 1. The first kappa shape index (κ1) is 25.7. The number of carbonyl (C=O) groups is 2. The molecule has 0 aliphatic carbocycles. The zero-order chi connectivity index (χ0) is 27.0. The minimum atomic E-state index is -0.879. The predicted octanol–water partition coefficient (Wildman–Crippen LogP) is 2.72. The number of ketones is 1. The highest BCUT2D eigenvalue weighted by Gasteiger charge is 2.47. The highest BCUT2D eigenvalue weighted by molar-refractivity contribution is 6.46. The van der Waals surface area contributed by atoms with E-state index < -0.39 is 17.7 Å². The van der Waals surface area contributed by atoms with Crippen LogP contribution >= 0.6 is 0 Å². The van der Waals surface area contributed by atoms with Crippen LogP contribution in [-0.2, 0) is 14.3 Å². The topological polar surface area (TPSA) is 106 Å². The number of rotatable bonds is 7. The van der Waals surface area contributed by atoms with Gasteiger partial charge in [-0.2, -0.15) is 0 Å². The highest BCUT2D eigenvalue weighted by Crippen LogP contribution is 2.44. The number of pyridine rings is 1. The Balaban J connectivity index is 1.68. The fourth-order valence-electron chi connectivity index (χ4n) is 5.29. The Morgan fingerprint density at radius 1 is 1.11 bits per heavy atom. The van der Waals surface area contributed by atoms with Gasteiger partial charge in [0.2, 0.25) is 0 Å². The Bertz CT molecular complexity index is 1420. The van der Waals surface area contributed by atoms with Crippen LogP contribution in [0, 0.1) is 13.8 Å². The van der Waals surface area contributed by atoms with Gasteiger partial charge in [0.15, 0.2) is 5.76 Å². The summed E-state index contributed by atoms with van der Waals surface area (Å²) in [5.41, 5.74) is 3.07. The first-order valence-electron chi connectivity index (χ1n) is 12.6. The lowest BCUT2D eigenvalue weighted by molar-refractivity contribution is -0.140. The van der Waals surface area contributed by atoms with Gasteiger partial charge in [0.25, 0.3) is 11.7 Å². The monoisotopic (exact) mass is 520 g/mol. The number of hydrogen-bond acceptors (Lipinski definition) is 8. The summed E-state index contributed by atoms with van der Waals surface area (Å²) in [4.78, 5) is 35.4. The second-order valence-electron chi connectivity index (χ2n) is 9.49. The molecule has 2 aliphatic heterocycles. The number of methoxy groups -OCH3 is 2. The third-order valence-corrected chi connectivity index (χ3v) is 7.28. The van der Waals surface area contributed by atoms with E-state index in [0.717, 1.165) is 18.7 Å². The van der Waals surface area contributed by atoms with Crippen LogP contribution in [0.5, 0.6) is 11.5 Å². The van der Waals surface area contributed by atoms with Gasteiger partial charge in [0, 0.05) is 37.9 Å². The Labute approximate surface area is 221 Å². The number of aromatic nitrogens is 2. The van der Waals surface area contributed by atoms with Crippen LogP contribution in [0.3, 0.4) is 0 Å². The lowest BCUT2D eigenvalue weighted by Crippen LogP contribution is -2.42. The van der Waals surface area contributed by atoms with Crippen molar-refractivity contribution < 1.29 is 28.9 Å². The molecule has 0 radical (unpaired) electrons. The molecular formula is C28H32N4O6. The summed E-state index contributed by atoms with van der Waals surface area (Å²) in [6, 6.07) is 8.13. The molecule has 5 rings (SSSR count). The molecule has 38 heavy (non-hydrogen) atoms. The van der Waals surface area contributed by atoms with E-state index in [9.17, 15) is 14.7 Å². The quantitative estimate of drug-likeness (QED) is 0.288. The predicted molar refractivity (Wildman–Crippen MR) is 140 cm³/mol. The van der Waals surface area contributed by atoms with Crippen LogP contribution in [0.15, 0.2) is 42.1 Å². The van der Waals surface area contributed by atoms with E-state index in [2.05, 4.69) is 9.88 Å². The van der Waals surface area contributed by atoms with Gasteiger partial charge in [-0.05, 0) is 43.7 Å². The number of fused-ring (bicyclic) bond motifs is 1. The second-order valence-corrected chi connectivity index (χ2v) is 9.49. The largest absolute Gasteiger partial charge is 0.505 e. The van der Waals surface area contributed by atoms with Gasteiger partial charge < -0.3 is 24.2 Å². The van der Waals surface area contributed by atoms with Crippen LogP contribution in [0.1, 0.15) is 28.6 Å². The average Bonchev–Trinajstić information content (AvgIpc) is 3.41. The molecule has 3 aromatic rings. The Hall–Kier alpha value is -3.89. The molecule has 0 saturated carbocycles. The third-order valence-electron chi connectivity index (χ3n) is 7.28. The molecule has 0 bridgehead atoms. The number of ether oxygens (including phenoxy) is 3. The minimum Gasteiger partial charge on any atom is -0.505 e. The Morgan fingerprint density at radius 3 is 2.58 bits per heavy atom. The first-order chi connectivity index (χ1) is 18.3. The van der Waals surface area contributed by atoms with E-state index in [1.54, 1.807) is 42.8 Å². The van der Waals surface area contributed by atoms with Gasteiger partial charge in [-0.15, -0.1) is 0 Å². The summed E-state index contributed by atoms with van der Waals surface area (Å²) in [5.74, 6) is -0.673. The summed E-state index contributed by atoms with van der Waals surface area (Å²) < 4.78 is 18.3. The van der Waals surface area contributed by atoms with E-state index >= 15 is 0 Å². The molecule has 200 valence electrons. The molecule has 2 fully saturated rings. The molecule has 10 heteroatoms. The summed E-state index contributed by atoms with van der Waals surface area (Å²) in [7, 11) is 3.08. The molecular weight excluding hydrogens is 488 g/mol. The maximum atomic E-state index is 13.6. The van der Waals surface area contributed by atoms with Crippen LogP contribution in [0.4, 0.5) is 0 Å². The Morgan fingerprint density at radius 2 is 1.87 bits per heavy atom. The molecule has 2 aromatic heterocycles. The van der Waals surface area contributed by atoms with Crippen molar-refractivity contribution in [2.45, 2.75) is 19.9 Å². The van der Waals surface area contributed by atoms with Crippen molar-refractivity contribution in [3.8, 4) is 11.5 Å². The fourth-order valence-corrected chi connectivity index (χ4v) is 5.29. The first-order valence-corrected chi connectivity index (χ1v) is 12.6. The molecule has 1 amide bonds. The molecule has 1 aromatic carbocycles. The third kappa shape index (κ3) is 4.39. The smallest absolute Gasteiger partial charge is 0.295 e. The summed E-state index contributed by atoms with van der Waals surface area (Å²) >= 11 is 0. The molecule has 4 heterocycles. The van der Waals surface area contributed by atoms with Crippen molar-refractivity contribution in [1.82, 2.24) is 19.2 Å². The number of hydrogen-bond donors (Lipinski definition) is 1. The number of likely N-dealkylation sites (tertiary alicyclic amines) is 1. The highest BCUT2D eigenvalue weighted by atomic mass is 16.5. The van der Waals surface area contributed by atoms with E-state index in [1.165, 1.54) is 12.0 Å². The standard InChI is InChI=1S/C28H32N4O6/c1-17-6-5-9-31-23(18(2)29-27(17)31)25(33)22-24(20-16-19(36-3)7-8-21(20)37-4)32(28(35)26(22)34)11-10-30-12-14-38-15-13-30/h5-9,16,24,33H,10-15H2,1-4H3/b25-22+/t24-/m1/s1. The van der Waals surface area contributed by atoms with Crippen LogP contribution in [0.2, 0.25) is 0 Å². The van der Waals surface area contributed by atoms with Gasteiger partial charge >= 0.3 is 0 Å². The van der Waals surface area contributed by atoms with Crippen LogP contribution in [0.25, 0.3) is 11.4 Å². The van der Waals surface area contributed by atoms with E-state index in [1.807, 2.05) is 19.1 Å². The van der Waals surface area contributed by atoms with Crippen molar-refractivity contribution in [3.05, 3.63) is 64.6 Å². The molecule has 2 saturated heterocycles. The number of imidazole rings is 1. The molecule has 1 atom stereocenters. The van der Waals surface area contributed by atoms with Gasteiger partial charge in [-0.1, -0.05) is 6.07 Å². The SMILES string of the molecule is COc1ccc(OC)c([C@@H]2/C(=C(\O)c3c(C)nc4c(C)cccn34)C(=O)C(=O)N2CCN2CCOCC2)c1. The number of nitrogens with zero attached hydrogens (tertiary/aromatic N) is 4. The normalized spacial score (nSPS) is 19.9. The second kappa shape index (κ2) is 10.5. The van der Waals surface area contributed by atoms with E-state index in [-0.39, 0.29) is 17.9 Å². The number of benzene rings is 1. The Kier molecular flexibility index (Phi) is 7.09. The van der Waals surface area contributed by atoms with E-state index in [4.69, 9.17) is 14.2 Å². The van der Waals surface area contributed by atoms with Gasteiger partial charge in [0.1, 0.15) is 22.8 Å². The molecule has 0 unspecified atom stereocenters. The molecule has 10 nitrogen and oxygen atoms in total. The summed E-state index contributed by atoms with van der Waals surface area (Å²) in [6.45, 7) is 7.30. The fraction of sp³-hybridized carbons (Fsp3) is 0.393. The van der Waals surface area contributed by atoms with Gasteiger partial charge in [-0.3, -0.25) is 18.9 Å². The number of morpholine rings is 1. The number of carbonyl (C=O) groups excluding carboxylic acids is 2. The maximum absolute atomic E-state index is 13.6. The number of aryl methyl sites for hydroxylation is 2. The number of aliphatic hydroxyl groups is 1. The van der Waals surface area contributed by atoms with Crippen LogP contribution in [-0.4, -0.2) is 89.6 Å². The average molecular weight is 521 g/mol. The molecule has 0 spiro atoms. The van der Waals surface area contributed by atoms with Crippen molar-refractivity contribution >= 4 is 23.1 Å². The number of amides is 1. The molecule has 2 aliphatic rings. The summed E-state index contributed by atoms with van der Waals surface area (Å²) in [6.07, 6.45) is 1.78. The zero-order valence-corrected chi connectivity index (χ0v) is 22.1. The lowest BCUT2D eigenvalue weighted by atomic mass is 9.95. The van der Waals surface area contributed by atoms with Crippen molar-refractivity contribution in [1.29, 1.82) is 0 Å². The maximum Gasteiger partial charge on any atom is 0.295 e. The number of aliphatic hydroxyl groups excluding tert-OH is 1. The van der Waals surface area contributed by atoms with Gasteiger partial charge in [0.05, 0.1) is 44.7 Å². The molecule has 1 N–H and O–H groups in total. The van der Waals surface area contributed by atoms with Gasteiger partial charge in [-0.25, -0.2) is 4.98 Å². The lowest BCUT2D eigenvalue weighted by Gasteiger charge is -2.31. The zero-order valence-electron chi connectivity index (χ0n) is 22.1. The minimum absolute atomic E-state index is 0.00469. The van der Waals surface area contributed by atoms with E-state index in [0.29, 0.717) is 53.9 Å². The van der Waals surface area contributed by atoms with Crippen molar-refractivity contribution in [3.63, 3.8) is 0 Å². The van der Waals surface area contributed by atoms with Crippen molar-refractivity contribution in [2.24, 2.45) is 0 Å². The van der Waals surface area contributed by atoms with Crippen molar-refractivity contribution in [2.75, 3.05) is 53.6 Å².